The van der Waals surface area contributed by atoms with Gasteiger partial charge in [-0.25, -0.2) is 4.79 Å². The van der Waals surface area contributed by atoms with E-state index in [1.54, 1.807) is 0 Å². The van der Waals surface area contributed by atoms with E-state index >= 15 is 0 Å². The first-order chi connectivity index (χ1) is 6.06. The van der Waals surface area contributed by atoms with Crippen molar-refractivity contribution in [3.63, 3.8) is 0 Å². The van der Waals surface area contributed by atoms with Crippen molar-refractivity contribution < 1.29 is 14.6 Å². The van der Waals surface area contributed by atoms with Crippen molar-refractivity contribution >= 4 is 5.97 Å². The van der Waals surface area contributed by atoms with Crippen LogP contribution in [-0.2, 0) is 9.53 Å². The Kier molecular flexibility index (Phi) is 2.86. The quantitative estimate of drug-likeness (QED) is 0.606. The Balaban J connectivity index is 2.22. The molecule has 1 heterocycles. The highest BCUT2D eigenvalue weighted by Crippen LogP contribution is 2.23. The van der Waals surface area contributed by atoms with Gasteiger partial charge in [-0.1, -0.05) is 0 Å². The van der Waals surface area contributed by atoms with Crippen LogP contribution in [0, 0.1) is 11.3 Å². The van der Waals surface area contributed by atoms with E-state index in [0.717, 1.165) is 0 Å². The van der Waals surface area contributed by atoms with Gasteiger partial charge in [0.05, 0.1) is 18.2 Å². The molecule has 0 radical (unpaired) electrons. The molecule has 0 aromatic rings. The lowest BCUT2D eigenvalue weighted by molar-refractivity contribution is -0.163. The maximum absolute atomic E-state index is 10.2. The molecule has 1 N–H and O–H groups in total. The Hall–Kier alpha value is -1.12. The number of carbonyl (C=O) groups is 1. The Morgan fingerprint density at radius 3 is 2.85 bits per heavy atom. The van der Waals surface area contributed by atoms with Gasteiger partial charge in [0.15, 0.2) is 0 Å². The van der Waals surface area contributed by atoms with Crippen LogP contribution in [0.3, 0.4) is 0 Å². The molecular weight excluding hydrogens is 172 g/mol. The third kappa shape index (κ3) is 2.68. The average molecular weight is 184 g/mol. The standard InChI is InChI=1S/C8H12N2O3/c1-8(13-4-7(11)12)5-10(6-8)3-2-9/h3-6H2,1H3,(H,11,12). The number of nitrogens with zero attached hydrogens (tertiary/aromatic N) is 2. The summed E-state index contributed by atoms with van der Waals surface area (Å²) < 4.78 is 5.15. The van der Waals surface area contributed by atoms with Crippen LogP contribution < -0.4 is 0 Å². The molecule has 1 fully saturated rings. The molecule has 0 saturated carbocycles. The lowest BCUT2D eigenvalue weighted by Gasteiger charge is -2.46. The molecule has 13 heavy (non-hydrogen) atoms. The van der Waals surface area contributed by atoms with E-state index in [1.807, 2.05) is 17.9 Å². The Morgan fingerprint density at radius 1 is 1.77 bits per heavy atom. The highest BCUT2D eigenvalue weighted by molar-refractivity contribution is 5.68. The molecule has 0 atom stereocenters. The summed E-state index contributed by atoms with van der Waals surface area (Å²) in [7, 11) is 0. The molecule has 0 spiro atoms. The van der Waals surface area contributed by atoms with Gasteiger partial charge in [-0.05, 0) is 6.92 Å². The van der Waals surface area contributed by atoms with Crippen LogP contribution in [0.5, 0.6) is 0 Å². The smallest absolute Gasteiger partial charge is 0.329 e. The van der Waals surface area contributed by atoms with E-state index in [9.17, 15) is 4.79 Å². The van der Waals surface area contributed by atoms with Gasteiger partial charge in [-0.3, -0.25) is 4.90 Å². The molecule has 0 aromatic carbocycles. The number of carboxylic acid groups (broad SMARTS) is 1. The lowest BCUT2D eigenvalue weighted by Crippen LogP contribution is -2.61. The van der Waals surface area contributed by atoms with Crippen molar-refractivity contribution in [3.8, 4) is 6.07 Å². The first-order valence-corrected chi connectivity index (χ1v) is 4.01. The number of likely N-dealkylation sites (tertiary alicyclic amines) is 1. The summed E-state index contributed by atoms with van der Waals surface area (Å²) in [4.78, 5) is 12.1. The number of hydrogen-bond acceptors (Lipinski definition) is 4. The van der Waals surface area contributed by atoms with Crippen molar-refractivity contribution in [2.75, 3.05) is 26.2 Å². The van der Waals surface area contributed by atoms with Crippen LogP contribution in [0.4, 0.5) is 0 Å². The molecule has 0 bridgehead atoms. The predicted octanol–water partition coefficient (Wildman–Crippen LogP) is -0.315. The summed E-state index contributed by atoms with van der Waals surface area (Å²) in [5.74, 6) is -0.958. The van der Waals surface area contributed by atoms with E-state index in [4.69, 9.17) is 15.1 Å². The number of hydrogen-bond donors (Lipinski definition) is 1. The molecule has 0 amide bonds. The highest BCUT2D eigenvalue weighted by atomic mass is 16.5. The molecule has 5 heteroatoms. The molecular formula is C8H12N2O3. The first kappa shape index (κ1) is 9.96. The van der Waals surface area contributed by atoms with Crippen LogP contribution in [0.25, 0.3) is 0 Å². The van der Waals surface area contributed by atoms with Crippen LogP contribution in [-0.4, -0.2) is 47.8 Å². The number of rotatable bonds is 4. The predicted molar refractivity (Wildman–Crippen MR) is 44.0 cm³/mol. The molecule has 1 saturated heterocycles. The minimum absolute atomic E-state index is 0.267. The topological polar surface area (TPSA) is 73.6 Å². The van der Waals surface area contributed by atoms with Crippen molar-refractivity contribution in [1.29, 1.82) is 5.26 Å². The lowest BCUT2D eigenvalue weighted by atomic mass is 9.97. The Bertz CT molecular complexity index is 240. The van der Waals surface area contributed by atoms with Gasteiger partial charge in [-0.15, -0.1) is 0 Å². The maximum Gasteiger partial charge on any atom is 0.329 e. The zero-order chi connectivity index (χ0) is 9.90. The third-order valence-electron chi connectivity index (χ3n) is 1.95. The summed E-state index contributed by atoms with van der Waals surface area (Å²) >= 11 is 0. The number of ether oxygens (including phenoxy) is 1. The molecule has 0 aromatic heterocycles. The van der Waals surface area contributed by atoms with Gasteiger partial charge in [0.2, 0.25) is 0 Å². The van der Waals surface area contributed by atoms with Crippen LogP contribution in [0.2, 0.25) is 0 Å². The average Bonchev–Trinajstić information content (AvgIpc) is 1.99. The second-order valence-electron chi connectivity index (χ2n) is 3.44. The van der Waals surface area contributed by atoms with Crippen LogP contribution in [0.1, 0.15) is 6.92 Å². The largest absolute Gasteiger partial charge is 0.480 e. The zero-order valence-corrected chi connectivity index (χ0v) is 7.49. The van der Waals surface area contributed by atoms with Crippen molar-refractivity contribution in [3.05, 3.63) is 0 Å². The van der Waals surface area contributed by atoms with E-state index in [-0.39, 0.29) is 12.2 Å². The summed E-state index contributed by atoms with van der Waals surface area (Å²) in [6, 6.07) is 2.03. The normalized spacial score (nSPS) is 20.3. The fourth-order valence-electron chi connectivity index (χ4n) is 1.44. The molecule has 1 aliphatic heterocycles. The number of nitriles is 1. The van der Waals surface area contributed by atoms with Gasteiger partial charge in [0.25, 0.3) is 0 Å². The van der Waals surface area contributed by atoms with Gasteiger partial charge in [0.1, 0.15) is 6.61 Å². The number of aliphatic carboxylic acids is 1. The highest BCUT2D eigenvalue weighted by Gasteiger charge is 2.39. The van der Waals surface area contributed by atoms with E-state index in [2.05, 4.69) is 0 Å². The van der Waals surface area contributed by atoms with Gasteiger partial charge >= 0.3 is 5.97 Å². The Morgan fingerprint density at radius 2 is 2.38 bits per heavy atom. The van der Waals surface area contributed by atoms with E-state index in [1.165, 1.54) is 0 Å². The third-order valence-corrected chi connectivity index (χ3v) is 1.95. The van der Waals surface area contributed by atoms with Crippen molar-refractivity contribution in [2.24, 2.45) is 0 Å². The maximum atomic E-state index is 10.2. The summed E-state index contributed by atoms with van der Waals surface area (Å²) in [5.41, 5.74) is -0.380. The SMILES string of the molecule is CC1(OCC(=O)O)CN(CC#N)C1. The molecule has 0 aliphatic carbocycles. The fraction of sp³-hybridized carbons (Fsp3) is 0.750. The van der Waals surface area contributed by atoms with E-state index in [0.29, 0.717) is 19.6 Å². The zero-order valence-electron chi connectivity index (χ0n) is 7.49. The van der Waals surface area contributed by atoms with Gasteiger partial charge in [-0.2, -0.15) is 5.26 Å². The first-order valence-electron chi connectivity index (χ1n) is 4.01. The van der Waals surface area contributed by atoms with Gasteiger partial charge < -0.3 is 9.84 Å². The van der Waals surface area contributed by atoms with Crippen LogP contribution >= 0.6 is 0 Å². The van der Waals surface area contributed by atoms with E-state index < -0.39 is 5.97 Å². The molecule has 0 unspecified atom stereocenters. The molecule has 72 valence electrons. The summed E-state index contributed by atoms with van der Waals surface area (Å²) in [5, 5.41) is 16.7. The second kappa shape index (κ2) is 3.73. The molecule has 5 nitrogen and oxygen atoms in total. The van der Waals surface area contributed by atoms with Gasteiger partial charge in [0, 0.05) is 13.1 Å². The molecule has 1 rings (SSSR count). The number of carboxylic acids is 1. The fourth-order valence-corrected chi connectivity index (χ4v) is 1.44. The van der Waals surface area contributed by atoms with Crippen molar-refractivity contribution in [2.45, 2.75) is 12.5 Å². The summed E-state index contributed by atoms with van der Waals surface area (Å²) in [6.07, 6.45) is 0. The minimum atomic E-state index is -0.958. The van der Waals surface area contributed by atoms with Crippen LogP contribution in [0.15, 0.2) is 0 Å². The minimum Gasteiger partial charge on any atom is -0.480 e. The monoisotopic (exact) mass is 184 g/mol. The Labute approximate surface area is 76.5 Å². The second-order valence-corrected chi connectivity index (χ2v) is 3.44. The summed E-state index contributed by atoms with van der Waals surface area (Å²) in [6.45, 7) is 3.23. The molecule has 1 aliphatic rings. The van der Waals surface area contributed by atoms with Crippen molar-refractivity contribution in [1.82, 2.24) is 4.90 Å².